The van der Waals surface area contributed by atoms with E-state index in [1.165, 1.54) is 17.4 Å². The van der Waals surface area contributed by atoms with Crippen molar-refractivity contribution in [1.29, 1.82) is 0 Å². The average molecular weight is 444 g/mol. The van der Waals surface area contributed by atoms with E-state index in [0.717, 1.165) is 10.4 Å². The van der Waals surface area contributed by atoms with Crippen LogP contribution in [0.1, 0.15) is 19.4 Å². The highest BCUT2D eigenvalue weighted by molar-refractivity contribution is 7.86. The van der Waals surface area contributed by atoms with Gasteiger partial charge >= 0.3 is 6.18 Å². The molecule has 7 nitrogen and oxygen atoms in total. The Kier molecular flexibility index (Phi) is 6.98. The first-order valence-corrected chi connectivity index (χ1v) is 10.1. The van der Waals surface area contributed by atoms with E-state index >= 15 is 0 Å². The summed E-state index contributed by atoms with van der Waals surface area (Å²) in [5.74, 6) is -0.782. The van der Waals surface area contributed by atoms with Gasteiger partial charge in [0.1, 0.15) is 0 Å². The van der Waals surface area contributed by atoms with Gasteiger partial charge in [-0.3, -0.25) is 4.79 Å². The number of amides is 1. The molecule has 1 aliphatic heterocycles. The first kappa shape index (κ1) is 22.9. The van der Waals surface area contributed by atoms with Crippen LogP contribution in [-0.4, -0.2) is 61.8 Å². The lowest BCUT2D eigenvalue weighted by atomic mass is 10.2. The molecule has 2 rings (SSSR count). The van der Waals surface area contributed by atoms with Gasteiger partial charge in [-0.1, -0.05) is 11.6 Å². The smallest absolute Gasteiger partial charge is 0.373 e. The highest BCUT2D eigenvalue weighted by Gasteiger charge is 2.35. The minimum atomic E-state index is -4.68. The van der Waals surface area contributed by atoms with Crippen molar-refractivity contribution in [2.75, 3.05) is 32.0 Å². The zero-order chi connectivity index (χ0) is 21.3. The maximum absolute atomic E-state index is 12.9. The average Bonchev–Trinajstić information content (AvgIpc) is 2.54. The molecule has 0 saturated carbocycles. The number of rotatable bonds is 5. The van der Waals surface area contributed by atoms with E-state index in [9.17, 15) is 26.4 Å². The molecular weight excluding hydrogens is 423 g/mol. The van der Waals surface area contributed by atoms with Gasteiger partial charge < -0.3 is 10.1 Å². The summed E-state index contributed by atoms with van der Waals surface area (Å²) >= 11 is 5.54. The molecule has 28 heavy (non-hydrogen) atoms. The van der Waals surface area contributed by atoms with Crippen LogP contribution >= 0.6 is 11.6 Å². The van der Waals surface area contributed by atoms with Gasteiger partial charge in [0.25, 0.3) is 10.2 Å². The highest BCUT2D eigenvalue weighted by atomic mass is 35.5. The number of nitrogens with one attached hydrogen (secondary N) is 1. The van der Waals surface area contributed by atoms with Gasteiger partial charge in [0, 0.05) is 25.8 Å². The van der Waals surface area contributed by atoms with Crippen molar-refractivity contribution in [2.45, 2.75) is 32.2 Å². The van der Waals surface area contributed by atoms with Gasteiger partial charge in [-0.2, -0.15) is 30.2 Å². The van der Waals surface area contributed by atoms with Gasteiger partial charge in [0.2, 0.25) is 5.91 Å². The second-order valence-corrected chi connectivity index (χ2v) is 9.02. The number of alkyl halides is 3. The second kappa shape index (κ2) is 8.54. The van der Waals surface area contributed by atoms with Crippen molar-refractivity contribution in [1.82, 2.24) is 8.61 Å². The predicted octanol–water partition coefficient (Wildman–Crippen LogP) is 2.58. The molecule has 0 unspecified atom stereocenters. The molecule has 12 heteroatoms. The third-order valence-electron chi connectivity index (χ3n) is 4.03. The molecule has 0 bridgehead atoms. The van der Waals surface area contributed by atoms with Crippen molar-refractivity contribution >= 4 is 33.4 Å². The van der Waals surface area contributed by atoms with Crippen molar-refractivity contribution in [3.63, 3.8) is 0 Å². The van der Waals surface area contributed by atoms with Crippen molar-refractivity contribution in [2.24, 2.45) is 0 Å². The number of carbonyl (C=O) groups excluding carboxylic acids is 1. The van der Waals surface area contributed by atoms with Gasteiger partial charge in [-0.15, -0.1) is 0 Å². The van der Waals surface area contributed by atoms with Crippen molar-refractivity contribution < 1.29 is 31.1 Å². The van der Waals surface area contributed by atoms with E-state index in [1.807, 2.05) is 0 Å². The Morgan fingerprint density at radius 2 is 1.89 bits per heavy atom. The van der Waals surface area contributed by atoms with Gasteiger partial charge in [-0.05, 0) is 32.0 Å². The summed E-state index contributed by atoms with van der Waals surface area (Å²) in [6.07, 6.45) is -5.27. The van der Waals surface area contributed by atoms with E-state index in [-0.39, 0.29) is 31.0 Å². The van der Waals surface area contributed by atoms with Crippen molar-refractivity contribution in [3.8, 4) is 0 Å². The minimum Gasteiger partial charge on any atom is -0.373 e. The molecule has 0 spiro atoms. The fourth-order valence-corrected chi connectivity index (χ4v) is 4.52. The number of ether oxygens (including phenoxy) is 1. The molecule has 1 aromatic carbocycles. The molecular formula is C16H21ClF3N3O4S. The first-order valence-electron chi connectivity index (χ1n) is 8.34. The third kappa shape index (κ3) is 5.57. The number of carbonyl (C=O) groups is 1. The number of likely N-dealkylation sites (N-methyl/N-ethyl adjacent to an activating group) is 1. The largest absolute Gasteiger partial charge is 0.417 e. The Morgan fingerprint density at radius 3 is 2.43 bits per heavy atom. The molecule has 0 aliphatic carbocycles. The number of halogens is 4. The maximum Gasteiger partial charge on any atom is 0.417 e. The van der Waals surface area contributed by atoms with Gasteiger partial charge in [0.15, 0.2) is 0 Å². The Hall–Kier alpha value is -1.40. The normalized spacial score (nSPS) is 21.7. The number of morpholine rings is 1. The van der Waals surface area contributed by atoms with Crippen molar-refractivity contribution in [3.05, 3.63) is 28.8 Å². The lowest BCUT2D eigenvalue weighted by Crippen LogP contribution is -2.53. The van der Waals surface area contributed by atoms with E-state index in [2.05, 4.69) is 5.32 Å². The van der Waals surface area contributed by atoms with Crippen LogP contribution in [0.4, 0.5) is 18.9 Å². The van der Waals surface area contributed by atoms with E-state index in [1.54, 1.807) is 13.8 Å². The molecule has 2 atom stereocenters. The Balaban J connectivity index is 2.06. The molecule has 1 N–H and O–H groups in total. The lowest BCUT2D eigenvalue weighted by Gasteiger charge is -2.36. The summed E-state index contributed by atoms with van der Waals surface area (Å²) in [6, 6.07) is 2.91. The maximum atomic E-state index is 12.9. The number of hydrogen-bond donors (Lipinski definition) is 1. The Morgan fingerprint density at radius 1 is 1.32 bits per heavy atom. The zero-order valence-corrected chi connectivity index (χ0v) is 17.0. The third-order valence-corrected chi connectivity index (χ3v) is 6.23. The summed E-state index contributed by atoms with van der Waals surface area (Å²) in [6.45, 7) is 3.20. The molecule has 1 fully saturated rings. The molecule has 1 saturated heterocycles. The molecule has 1 aromatic rings. The van der Waals surface area contributed by atoms with E-state index in [4.69, 9.17) is 16.3 Å². The molecule has 0 radical (unpaired) electrons. The number of anilines is 1. The number of nitrogens with zero attached hydrogens (tertiary/aromatic N) is 2. The molecule has 1 aliphatic rings. The van der Waals surface area contributed by atoms with Crippen LogP contribution in [0.15, 0.2) is 18.2 Å². The van der Waals surface area contributed by atoms with Crippen LogP contribution in [0.25, 0.3) is 0 Å². The Bertz CT molecular complexity index is 825. The SMILES string of the molecule is C[C@H]1CN(S(=O)(=O)N(C)CC(=O)Nc2ccc(Cl)c(C(F)(F)F)c2)C[C@H](C)O1. The highest BCUT2D eigenvalue weighted by Crippen LogP contribution is 2.36. The van der Waals surface area contributed by atoms with Gasteiger partial charge in [0.05, 0.1) is 29.3 Å². The number of hydrogen-bond acceptors (Lipinski definition) is 4. The predicted molar refractivity (Wildman–Crippen MR) is 98.2 cm³/mol. The fraction of sp³-hybridized carbons (Fsp3) is 0.562. The van der Waals surface area contributed by atoms with Crippen LogP contribution in [-0.2, 0) is 25.9 Å². The fourth-order valence-electron chi connectivity index (χ4n) is 2.82. The van der Waals surface area contributed by atoms with Crippen LogP contribution < -0.4 is 5.32 Å². The van der Waals surface area contributed by atoms with Crippen LogP contribution in [0, 0.1) is 0 Å². The second-order valence-electron chi connectivity index (χ2n) is 6.58. The molecule has 158 valence electrons. The summed E-state index contributed by atoms with van der Waals surface area (Å²) in [5, 5.41) is 1.76. The monoisotopic (exact) mass is 443 g/mol. The summed E-state index contributed by atoms with van der Waals surface area (Å²) in [7, 11) is -2.70. The molecule has 0 aromatic heterocycles. The first-order chi connectivity index (χ1) is 12.8. The van der Waals surface area contributed by atoms with E-state index in [0.29, 0.717) is 6.07 Å². The summed E-state index contributed by atoms with van der Waals surface area (Å²) in [4.78, 5) is 12.2. The number of benzene rings is 1. The quantitative estimate of drug-likeness (QED) is 0.758. The summed E-state index contributed by atoms with van der Waals surface area (Å²) < 4.78 is 71.5. The zero-order valence-electron chi connectivity index (χ0n) is 15.5. The van der Waals surface area contributed by atoms with Crippen LogP contribution in [0.5, 0.6) is 0 Å². The minimum absolute atomic E-state index is 0.138. The Labute approximate surface area is 166 Å². The van der Waals surface area contributed by atoms with E-state index < -0.39 is 39.4 Å². The topological polar surface area (TPSA) is 79.0 Å². The van der Waals surface area contributed by atoms with Gasteiger partial charge in [-0.25, -0.2) is 0 Å². The summed E-state index contributed by atoms with van der Waals surface area (Å²) in [5.41, 5.74) is -1.23. The van der Waals surface area contributed by atoms with Crippen LogP contribution in [0.3, 0.4) is 0 Å². The molecule has 1 amide bonds. The standard InChI is InChI=1S/C16H21ClF3N3O4S/c1-10-7-23(8-11(2)27-10)28(25,26)22(3)9-15(24)21-12-4-5-14(17)13(6-12)16(18,19)20/h4-6,10-11H,7-9H2,1-3H3,(H,21,24)/t10-,11-/m0/s1. The lowest BCUT2D eigenvalue weighted by molar-refractivity contribution is -0.137. The molecule has 1 heterocycles. The van der Waals surface area contributed by atoms with Crippen LogP contribution in [0.2, 0.25) is 5.02 Å².